The van der Waals surface area contributed by atoms with Crippen LogP contribution in [-0.2, 0) is 9.84 Å². The lowest BCUT2D eigenvalue weighted by Gasteiger charge is -2.18. The first-order valence-electron chi connectivity index (χ1n) is 12.3. The number of hydrogen-bond donors (Lipinski definition) is 0. The monoisotopic (exact) mass is 581 g/mol. The number of fused-ring (bicyclic) bond motifs is 1. The second-order valence-corrected chi connectivity index (χ2v) is 12.3. The fraction of sp³-hybridized carbons (Fsp3) is 0.214. The highest BCUT2D eigenvalue weighted by Gasteiger charge is 2.43. The number of nitrogens with zero attached hydrogens (tertiary/aromatic N) is 5. The molecule has 0 amide bonds. The van der Waals surface area contributed by atoms with Gasteiger partial charge in [0, 0.05) is 41.7 Å². The first-order valence-corrected chi connectivity index (χ1v) is 14.6. The summed E-state index contributed by atoms with van der Waals surface area (Å²) in [4.78, 5) is 21.5. The maximum absolute atomic E-state index is 16.1. The molecule has 1 aliphatic rings. The van der Waals surface area contributed by atoms with Crippen LogP contribution in [0.5, 0.6) is 0 Å². The van der Waals surface area contributed by atoms with E-state index in [-0.39, 0.29) is 28.1 Å². The smallest absolute Gasteiger partial charge is 0.274 e. The Hall–Kier alpha value is -3.96. The highest BCUT2D eigenvalue weighted by Crippen LogP contribution is 2.56. The van der Waals surface area contributed by atoms with Crippen molar-refractivity contribution in [2.75, 3.05) is 6.26 Å². The van der Waals surface area contributed by atoms with Crippen molar-refractivity contribution in [3.05, 3.63) is 105 Å². The number of sulfone groups is 1. The van der Waals surface area contributed by atoms with Crippen molar-refractivity contribution in [1.29, 1.82) is 0 Å². The Morgan fingerprint density at radius 2 is 1.77 bits per heavy atom. The van der Waals surface area contributed by atoms with E-state index in [2.05, 4.69) is 15.1 Å². The van der Waals surface area contributed by atoms with E-state index < -0.39 is 37.6 Å². The number of halogens is 3. The molecule has 1 aromatic carbocycles. The van der Waals surface area contributed by atoms with Crippen molar-refractivity contribution in [3.8, 4) is 16.9 Å². The van der Waals surface area contributed by atoms with Crippen molar-refractivity contribution < 1.29 is 17.2 Å². The van der Waals surface area contributed by atoms with Gasteiger partial charge in [0.05, 0.1) is 11.9 Å². The van der Waals surface area contributed by atoms with E-state index >= 15 is 8.78 Å². The summed E-state index contributed by atoms with van der Waals surface area (Å²) in [5.74, 6) is -2.04. The highest BCUT2D eigenvalue weighted by atomic mass is 35.5. The SMILES string of the molecule is Cc1cnc(-c2cccc(S(C)(=O)=O)c2F)c(F)c1-n1c(C)cc([C@H]2C[C@@H]2c2cnn3cccnc23)c(Cl)c1=O. The van der Waals surface area contributed by atoms with E-state index in [1.165, 1.54) is 18.3 Å². The van der Waals surface area contributed by atoms with E-state index in [1.807, 2.05) is 6.20 Å². The standard InChI is InChI=1S/C28H22ClF2N5O3S/c1-14-12-33-25(16-6-4-7-21(23(16)30)40(3,38)39)24(31)26(14)36-15(2)10-19(22(29)28(36)37)17-11-18(17)20-13-34-35-9-5-8-32-27(20)35/h4-10,12-13,17-18H,11H2,1-3H3/t17-,18-/m0/s1. The minimum Gasteiger partial charge on any atom is -0.277 e. The first-order chi connectivity index (χ1) is 19.0. The number of benzene rings is 1. The van der Waals surface area contributed by atoms with Crippen LogP contribution in [0.15, 0.2) is 64.8 Å². The Morgan fingerprint density at radius 1 is 1.02 bits per heavy atom. The molecule has 5 aromatic rings. The molecule has 0 saturated heterocycles. The second-order valence-electron chi connectivity index (χ2n) is 9.97. The lowest BCUT2D eigenvalue weighted by Crippen LogP contribution is -2.24. The van der Waals surface area contributed by atoms with E-state index in [4.69, 9.17) is 11.6 Å². The first kappa shape index (κ1) is 26.3. The van der Waals surface area contributed by atoms with Crippen molar-refractivity contribution >= 4 is 27.1 Å². The van der Waals surface area contributed by atoms with E-state index in [1.54, 1.807) is 42.9 Å². The average molecular weight is 582 g/mol. The molecule has 12 heteroatoms. The molecule has 4 heterocycles. The molecule has 0 aliphatic heterocycles. The van der Waals surface area contributed by atoms with E-state index in [9.17, 15) is 13.2 Å². The van der Waals surface area contributed by atoms with Gasteiger partial charge in [-0.15, -0.1) is 0 Å². The number of rotatable bonds is 5. The number of pyridine rings is 2. The zero-order valence-corrected chi connectivity index (χ0v) is 23.1. The van der Waals surface area contributed by atoms with Crippen molar-refractivity contribution in [3.63, 3.8) is 0 Å². The van der Waals surface area contributed by atoms with Crippen LogP contribution in [0.25, 0.3) is 22.6 Å². The summed E-state index contributed by atoms with van der Waals surface area (Å²) in [6.07, 6.45) is 8.20. The van der Waals surface area contributed by atoms with Crippen LogP contribution >= 0.6 is 11.6 Å². The summed E-state index contributed by atoms with van der Waals surface area (Å²) in [6, 6.07) is 7.20. The van der Waals surface area contributed by atoms with Crippen LogP contribution < -0.4 is 5.56 Å². The summed E-state index contributed by atoms with van der Waals surface area (Å²) >= 11 is 6.62. The molecule has 1 saturated carbocycles. The molecule has 0 radical (unpaired) electrons. The Kier molecular flexibility index (Phi) is 6.11. The largest absolute Gasteiger partial charge is 0.277 e. The molecule has 8 nitrogen and oxygen atoms in total. The van der Waals surface area contributed by atoms with Crippen LogP contribution in [0.4, 0.5) is 8.78 Å². The molecule has 1 fully saturated rings. The normalized spacial score (nSPS) is 16.9. The summed E-state index contributed by atoms with van der Waals surface area (Å²) < 4.78 is 58.2. The van der Waals surface area contributed by atoms with Gasteiger partial charge >= 0.3 is 0 Å². The Morgan fingerprint density at radius 3 is 2.52 bits per heavy atom. The predicted octanol–water partition coefficient (Wildman–Crippen LogP) is 5.17. The molecule has 204 valence electrons. The molecule has 40 heavy (non-hydrogen) atoms. The summed E-state index contributed by atoms with van der Waals surface area (Å²) in [7, 11) is -3.91. The van der Waals surface area contributed by atoms with E-state index in [0.29, 0.717) is 16.8 Å². The maximum Gasteiger partial charge on any atom is 0.274 e. The van der Waals surface area contributed by atoms with Gasteiger partial charge in [-0.05, 0) is 67.5 Å². The van der Waals surface area contributed by atoms with Gasteiger partial charge in [0.2, 0.25) is 0 Å². The molecular weight excluding hydrogens is 560 g/mol. The van der Waals surface area contributed by atoms with Crippen molar-refractivity contribution in [2.45, 2.75) is 37.0 Å². The third kappa shape index (κ3) is 4.11. The summed E-state index contributed by atoms with van der Waals surface area (Å²) in [6.45, 7) is 3.24. The van der Waals surface area contributed by atoms with Crippen LogP contribution in [0, 0.1) is 25.5 Å². The lowest BCUT2D eigenvalue weighted by atomic mass is 10.0. The van der Waals surface area contributed by atoms with Gasteiger partial charge in [0.15, 0.2) is 27.1 Å². The Labute approximate surface area is 232 Å². The molecule has 0 unspecified atom stereocenters. The third-order valence-electron chi connectivity index (χ3n) is 7.28. The second kappa shape index (κ2) is 9.31. The zero-order chi connectivity index (χ0) is 28.5. The average Bonchev–Trinajstić information content (AvgIpc) is 3.57. The number of aryl methyl sites for hydroxylation is 2. The molecule has 0 spiro atoms. The van der Waals surface area contributed by atoms with E-state index in [0.717, 1.165) is 34.5 Å². The van der Waals surface area contributed by atoms with Gasteiger partial charge < -0.3 is 0 Å². The predicted molar refractivity (Wildman–Crippen MR) is 146 cm³/mol. The Balaban J connectivity index is 1.45. The molecule has 6 rings (SSSR count). The molecule has 0 N–H and O–H groups in total. The van der Waals surface area contributed by atoms with Gasteiger partial charge in [0.25, 0.3) is 5.56 Å². The minimum atomic E-state index is -3.91. The molecule has 4 aromatic heterocycles. The van der Waals surface area contributed by atoms with Crippen molar-refractivity contribution in [2.24, 2.45) is 0 Å². The number of hydrogen-bond acceptors (Lipinski definition) is 6. The maximum atomic E-state index is 16.1. The Bertz CT molecular complexity index is 2020. The minimum absolute atomic E-state index is 0.0321. The lowest BCUT2D eigenvalue weighted by molar-refractivity contribution is 0.569. The fourth-order valence-electron chi connectivity index (χ4n) is 5.28. The van der Waals surface area contributed by atoms with Crippen LogP contribution in [0.1, 0.15) is 40.6 Å². The van der Waals surface area contributed by atoms with Crippen molar-refractivity contribution in [1.82, 2.24) is 24.1 Å². The van der Waals surface area contributed by atoms with Crippen LogP contribution in [0.2, 0.25) is 5.02 Å². The molecule has 2 atom stereocenters. The zero-order valence-electron chi connectivity index (χ0n) is 21.6. The van der Waals surface area contributed by atoms with Crippen LogP contribution in [0.3, 0.4) is 0 Å². The van der Waals surface area contributed by atoms with Gasteiger partial charge in [-0.25, -0.2) is 26.7 Å². The topological polar surface area (TPSA) is 99.2 Å². The third-order valence-corrected chi connectivity index (χ3v) is 8.77. The molecule has 0 bridgehead atoms. The highest BCUT2D eigenvalue weighted by molar-refractivity contribution is 7.90. The summed E-state index contributed by atoms with van der Waals surface area (Å²) in [5, 5.41) is 4.31. The molecule has 1 aliphatic carbocycles. The fourth-order valence-corrected chi connectivity index (χ4v) is 6.32. The van der Waals surface area contributed by atoms with Gasteiger partial charge in [-0.2, -0.15) is 5.10 Å². The quantitative estimate of drug-likeness (QED) is 0.284. The summed E-state index contributed by atoms with van der Waals surface area (Å²) in [5.41, 5.74) is 1.59. The van der Waals surface area contributed by atoms with Gasteiger partial charge in [-0.1, -0.05) is 17.7 Å². The van der Waals surface area contributed by atoms with Crippen LogP contribution in [-0.4, -0.2) is 38.8 Å². The van der Waals surface area contributed by atoms with Gasteiger partial charge in [0.1, 0.15) is 15.6 Å². The number of aromatic nitrogens is 5. The molecular formula is C28H22ClF2N5O3S. The van der Waals surface area contributed by atoms with Gasteiger partial charge in [-0.3, -0.25) is 14.3 Å².